The highest BCUT2D eigenvalue weighted by Gasteiger charge is 2.02. The number of aliphatic carboxylic acids is 1. The number of hydrogen-bond donors (Lipinski definition) is 1. The number of allylic oxidation sites excluding steroid dienone is 2. The molecule has 11 heavy (non-hydrogen) atoms. The summed E-state index contributed by atoms with van der Waals surface area (Å²) in [5, 5.41) is 8.50. The minimum atomic E-state index is -0.883. The predicted molar refractivity (Wildman–Crippen MR) is 45.4 cm³/mol. The Labute approximate surface area is 67.2 Å². The Morgan fingerprint density at radius 3 is 2.27 bits per heavy atom. The van der Waals surface area contributed by atoms with Gasteiger partial charge in [0.1, 0.15) is 0 Å². The highest BCUT2D eigenvalue weighted by molar-refractivity contribution is 5.86. The van der Waals surface area contributed by atoms with Crippen LogP contribution in [-0.4, -0.2) is 11.1 Å². The van der Waals surface area contributed by atoms with Crippen LogP contribution in [0.25, 0.3) is 0 Å². The van der Waals surface area contributed by atoms with Crippen molar-refractivity contribution in [1.29, 1.82) is 0 Å². The van der Waals surface area contributed by atoms with Crippen molar-refractivity contribution in [2.24, 2.45) is 5.92 Å². The second-order valence-electron chi connectivity index (χ2n) is 2.86. The van der Waals surface area contributed by atoms with Crippen molar-refractivity contribution >= 4 is 5.97 Å². The summed E-state index contributed by atoms with van der Waals surface area (Å²) >= 11 is 0. The van der Waals surface area contributed by atoms with Crippen LogP contribution < -0.4 is 0 Å². The van der Waals surface area contributed by atoms with Gasteiger partial charge < -0.3 is 5.11 Å². The van der Waals surface area contributed by atoms with Crippen molar-refractivity contribution in [2.75, 3.05) is 0 Å². The lowest BCUT2D eigenvalue weighted by Crippen LogP contribution is -1.98. The van der Waals surface area contributed by atoms with Gasteiger partial charge in [-0.3, -0.25) is 0 Å². The number of carbonyl (C=O) groups is 1. The van der Waals surface area contributed by atoms with E-state index in [9.17, 15) is 4.79 Å². The quantitative estimate of drug-likeness (QED) is 0.500. The van der Waals surface area contributed by atoms with Gasteiger partial charge in [-0.05, 0) is 18.9 Å². The number of rotatable bonds is 3. The molecule has 0 saturated heterocycles. The lowest BCUT2D eigenvalue weighted by atomic mass is 10.0. The third-order valence-corrected chi connectivity index (χ3v) is 1.48. The van der Waals surface area contributed by atoms with Crippen LogP contribution in [0.5, 0.6) is 0 Å². The summed E-state index contributed by atoms with van der Waals surface area (Å²) in [5.74, 6) is -0.573. The van der Waals surface area contributed by atoms with Crippen molar-refractivity contribution in [3.05, 3.63) is 23.8 Å². The fraction of sp³-hybridized carbons (Fsp3) is 0.444. The second kappa shape index (κ2) is 3.96. The molecule has 0 aromatic rings. The zero-order valence-corrected chi connectivity index (χ0v) is 7.22. The molecule has 0 radical (unpaired) electrons. The largest absolute Gasteiger partial charge is 0.478 e. The molecule has 0 unspecified atom stereocenters. The molecule has 0 bridgehead atoms. The summed E-state index contributed by atoms with van der Waals surface area (Å²) in [6.45, 7) is 9.26. The average molecular weight is 154 g/mol. The summed E-state index contributed by atoms with van der Waals surface area (Å²) in [5.41, 5.74) is 1.19. The Morgan fingerprint density at radius 2 is 2.00 bits per heavy atom. The Kier molecular flexibility index (Phi) is 3.58. The molecule has 0 heterocycles. The lowest BCUT2D eigenvalue weighted by Gasteiger charge is -2.03. The number of carboxylic acid groups (broad SMARTS) is 1. The first-order chi connectivity index (χ1) is 4.95. The highest BCUT2D eigenvalue weighted by atomic mass is 16.4. The van der Waals surface area contributed by atoms with E-state index in [1.54, 1.807) is 13.0 Å². The van der Waals surface area contributed by atoms with Gasteiger partial charge >= 0.3 is 5.97 Å². The third kappa shape index (κ3) is 3.61. The van der Waals surface area contributed by atoms with Crippen molar-refractivity contribution in [1.82, 2.24) is 0 Å². The number of carboxylic acids is 1. The molecule has 0 aromatic carbocycles. The first kappa shape index (κ1) is 9.95. The lowest BCUT2D eigenvalue weighted by molar-refractivity contribution is -0.132. The molecule has 0 aliphatic carbocycles. The van der Waals surface area contributed by atoms with Crippen molar-refractivity contribution in [3.8, 4) is 0 Å². The Bertz CT molecular complexity index is 200. The van der Waals surface area contributed by atoms with Gasteiger partial charge in [0.05, 0.1) is 0 Å². The van der Waals surface area contributed by atoms with E-state index in [-0.39, 0.29) is 0 Å². The van der Waals surface area contributed by atoms with E-state index in [0.29, 0.717) is 11.5 Å². The molecule has 2 heteroatoms. The Hall–Kier alpha value is -1.05. The van der Waals surface area contributed by atoms with Crippen molar-refractivity contribution in [3.63, 3.8) is 0 Å². The van der Waals surface area contributed by atoms with Gasteiger partial charge in [-0.1, -0.05) is 26.0 Å². The summed E-state index contributed by atoms with van der Waals surface area (Å²) in [4.78, 5) is 10.3. The zero-order chi connectivity index (χ0) is 9.02. The Morgan fingerprint density at radius 1 is 1.55 bits per heavy atom. The van der Waals surface area contributed by atoms with E-state index in [0.717, 1.165) is 5.57 Å². The first-order valence-electron chi connectivity index (χ1n) is 3.55. The average Bonchev–Trinajstić information content (AvgIpc) is 1.87. The fourth-order valence-electron chi connectivity index (χ4n) is 0.506. The molecule has 62 valence electrons. The van der Waals surface area contributed by atoms with Gasteiger partial charge in [-0.2, -0.15) is 0 Å². The molecular weight excluding hydrogens is 140 g/mol. The van der Waals surface area contributed by atoms with Crippen LogP contribution in [0.2, 0.25) is 0 Å². The van der Waals surface area contributed by atoms with E-state index in [1.807, 2.05) is 13.8 Å². The molecule has 0 aliphatic heterocycles. The van der Waals surface area contributed by atoms with E-state index in [1.165, 1.54) is 0 Å². The van der Waals surface area contributed by atoms with Gasteiger partial charge in [0.25, 0.3) is 0 Å². The smallest absolute Gasteiger partial charge is 0.331 e. The monoisotopic (exact) mass is 154 g/mol. The second-order valence-corrected chi connectivity index (χ2v) is 2.86. The van der Waals surface area contributed by atoms with Crippen molar-refractivity contribution in [2.45, 2.75) is 20.8 Å². The minimum absolute atomic E-state index is 0.310. The molecular formula is C9H14O2. The maximum atomic E-state index is 10.3. The molecule has 0 fully saturated rings. The molecule has 0 spiro atoms. The summed E-state index contributed by atoms with van der Waals surface area (Å²) in [6.07, 6.45) is 1.60. The predicted octanol–water partition coefficient (Wildman–Crippen LogP) is 2.23. The van der Waals surface area contributed by atoms with Gasteiger partial charge in [0, 0.05) is 5.57 Å². The normalized spacial score (nSPS) is 11.8. The molecule has 2 nitrogen and oxygen atoms in total. The van der Waals surface area contributed by atoms with Gasteiger partial charge in [0.2, 0.25) is 0 Å². The van der Waals surface area contributed by atoms with Crippen molar-refractivity contribution < 1.29 is 9.90 Å². The molecule has 0 atom stereocenters. The van der Waals surface area contributed by atoms with E-state index >= 15 is 0 Å². The van der Waals surface area contributed by atoms with E-state index in [4.69, 9.17) is 5.11 Å². The maximum absolute atomic E-state index is 10.3. The fourth-order valence-corrected chi connectivity index (χ4v) is 0.506. The van der Waals surface area contributed by atoms with Crippen LogP contribution in [0.1, 0.15) is 20.8 Å². The number of hydrogen-bond acceptors (Lipinski definition) is 1. The SMILES string of the molecule is C=C(C=C(C)C(=O)O)C(C)C. The standard InChI is InChI=1S/C9H14O2/c1-6(2)7(3)5-8(4)9(10)11/h5-6H,3H2,1-2,4H3,(H,10,11). The summed E-state index contributed by atoms with van der Waals surface area (Å²) < 4.78 is 0. The van der Waals surface area contributed by atoms with Crippen LogP contribution in [0, 0.1) is 5.92 Å². The minimum Gasteiger partial charge on any atom is -0.478 e. The topological polar surface area (TPSA) is 37.3 Å². The van der Waals surface area contributed by atoms with Crippen LogP contribution in [-0.2, 0) is 4.79 Å². The van der Waals surface area contributed by atoms with Gasteiger partial charge in [0.15, 0.2) is 0 Å². The zero-order valence-electron chi connectivity index (χ0n) is 7.22. The van der Waals surface area contributed by atoms with Gasteiger partial charge in [-0.25, -0.2) is 4.79 Å². The highest BCUT2D eigenvalue weighted by Crippen LogP contribution is 2.10. The first-order valence-corrected chi connectivity index (χ1v) is 3.55. The Balaban J connectivity index is 4.32. The molecule has 0 aromatic heterocycles. The van der Waals surface area contributed by atoms with E-state index < -0.39 is 5.97 Å². The van der Waals surface area contributed by atoms with E-state index in [2.05, 4.69) is 6.58 Å². The van der Waals surface area contributed by atoms with Crippen LogP contribution in [0.3, 0.4) is 0 Å². The summed E-state index contributed by atoms with van der Waals surface area (Å²) in [7, 11) is 0. The third-order valence-electron chi connectivity index (χ3n) is 1.48. The molecule has 0 rings (SSSR count). The van der Waals surface area contributed by atoms with Crippen LogP contribution in [0.15, 0.2) is 23.8 Å². The summed E-state index contributed by atoms with van der Waals surface area (Å²) in [6, 6.07) is 0. The molecule has 1 N–H and O–H groups in total. The van der Waals surface area contributed by atoms with Gasteiger partial charge in [-0.15, -0.1) is 0 Å². The van der Waals surface area contributed by atoms with Crippen LogP contribution in [0.4, 0.5) is 0 Å². The van der Waals surface area contributed by atoms with Crippen LogP contribution >= 0.6 is 0 Å². The maximum Gasteiger partial charge on any atom is 0.331 e. The molecule has 0 amide bonds. The molecule has 0 aliphatic rings. The molecule has 0 saturated carbocycles.